The molecule has 0 N–H and O–H groups in total. The second-order valence-electron chi connectivity index (χ2n) is 3.38. The van der Waals surface area contributed by atoms with Gasteiger partial charge in [-0.2, -0.15) is 0 Å². The largest absolute Gasteiger partial charge is 0.463 e. The summed E-state index contributed by atoms with van der Waals surface area (Å²) in [4.78, 5) is 3.59. The van der Waals surface area contributed by atoms with Crippen molar-refractivity contribution < 1.29 is 18.6 Å². The minimum absolute atomic E-state index is 0.158. The van der Waals surface area contributed by atoms with E-state index in [-0.39, 0.29) is 5.75 Å². The van der Waals surface area contributed by atoms with E-state index < -0.39 is 6.86 Å². The molecule has 0 bridgehead atoms. The zero-order valence-electron chi connectivity index (χ0n) is 8.90. The highest BCUT2D eigenvalue weighted by Gasteiger charge is 2.00. The molecule has 2 rings (SSSR count). The van der Waals surface area contributed by atoms with Crippen LogP contribution in [0.2, 0.25) is 0 Å². The van der Waals surface area contributed by atoms with Gasteiger partial charge in [0.05, 0.1) is 0 Å². The molecule has 0 aliphatic heterocycles. The Morgan fingerprint density at radius 1 is 0.765 bits per heavy atom. The zero-order chi connectivity index (χ0) is 12.1. The third-order valence-corrected chi connectivity index (χ3v) is 2.35. The lowest BCUT2D eigenvalue weighted by molar-refractivity contribution is -0.00618. The van der Waals surface area contributed by atoms with Crippen molar-refractivity contribution in [2.75, 3.05) is 6.86 Å². The van der Waals surface area contributed by atoms with Crippen molar-refractivity contribution in [3.05, 3.63) is 48.5 Å². The van der Waals surface area contributed by atoms with E-state index in [0.29, 0.717) is 5.75 Å². The van der Waals surface area contributed by atoms with Gasteiger partial charge in [-0.3, -0.25) is 4.94 Å². The van der Waals surface area contributed by atoms with Crippen molar-refractivity contribution in [2.45, 2.75) is 0 Å². The zero-order valence-corrected chi connectivity index (χ0v) is 8.90. The molecule has 0 fully saturated rings. The molecular weight excluding hydrogens is 226 g/mol. The summed E-state index contributed by atoms with van der Waals surface area (Å²) in [6, 6.07) is 13.5. The molecule has 0 saturated heterocycles. The quantitative estimate of drug-likeness (QED) is 0.800. The Bertz CT molecular complexity index is 466. The summed E-state index contributed by atoms with van der Waals surface area (Å²) in [6.45, 7) is -0.845. The number of ether oxygens (including phenoxy) is 1. The molecule has 0 aliphatic rings. The van der Waals surface area contributed by atoms with Crippen LogP contribution in [0.3, 0.4) is 0 Å². The van der Waals surface area contributed by atoms with Crippen LogP contribution in [0.25, 0.3) is 11.1 Å². The average Bonchev–Trinajstić information content (AvgIpc) is 2.40. The monoisotopic (exact) mass is 236 g/mol. The highest BCUT2D eigenvalue weighted by Crippen LogP contribution is 2.24. The van der Waals surface area contributed by atoms with Crippen molar-refractivity contribution in [2.24, 2.45) is 0 Å². The van der Waals surface area contributed by atoms with E-state index in [2.05, 4.69) is 4.94 Å². The fourth-order valence-corrected chi connectivity index (χ4v) is 1.51. The lowest BCUT2D eigenvalue weighted by atomic mass is 10.1. The molecule has 88 valence electrons. The molecule has 0 radical (unpaired) electrons. The van der Waals surface area contributed by atoms with Crippen LogP contribution in [-0.2, 0) is 0 Å². The molecule has 2 aromatic carbocycles. The van der Waals surface area contributed by atoms with Gasteiger partial charge in [0.1, 0.15) is 5.75 Å². The number of benzene rings is 2. The van der Waals surface area contributed by atoms with Gasteiger partial charge in [0.15, 0.2) is 5.75 Å². The molecule has 0 heterocycles. The third kappa shape index (κ3) is 2.72. The molecule has 4 heteroatoms. The van der Waals surface area contributed by atoms with Crippen molar-refractivity contribution in [3.8, 4) is 22.6 Å². The molecule has 17 heavy (non-hydrogen) atoms. The van der Waals surface area contributed by atoms with E-state index in [0.717, 1.165) is 11.1 Å². The predicted molar refractivity (Wildman–Crippen MR) is 60.2 cm³/mol. The molecule has 0 spiro atoms. The Balaban J connectivity index is 2.20. The molecule has 0 amide bonds. The van der Waals surface area contributed by atoms with Gasteiger partial charge in [-0.15, -0.1) is 0 Å². The van der Waals surface area contributed by atoms with E-state index in [1.165, 1.54) is 12.1 Å². The van der Waals surface area contributed by atoms with E-state index in [4.69, 9.17) is 4.74 Å². The minimum atomic E-state index is -0.845. The second kappa shape index (κ2) is 5.30. The number of hydrogen-bond acceptors (Lipinski definition) is 2. The summed E-state index contributed by atoms with van der Waals surface area (Å²) < 4.78 is 28.5. The first-order valence-electron chi connectivity index (χ1n) is 5.01. The van der Waals surface area contributed by atoms with Crippen LogP contribution >= 0.6 is 0 Å². The smallest absolute Gasteiger partial charge is 0.228 e. The summed E-state index contributed by atoms with van der Waals surface area (Å²) in [6.07, 6.45) is 0. The fourth-order valence-electron chi connectivity index (χ4n) is 1.51. The topological polar surface area (TPSA) is 18.5 Å². The maximum Gasteiger partial charge on any atom is 0.228 e. The molecule has 0 saturated carbocycles. The van der Waals surface area contributed by atoms with Gasteiger partial charge >= 0.3 is 0 Å². The Hall–Kier alpha value is -2.10. The van der Waals surface area contributed by atoms with Crippen LogP contribution in [0.5, 0.6) is 11.5 Å². The number of halogens is 2. The lowest BCUT2D eigenvalue weighted by Gasteiger charge is -2.04. The summed E-state index contributed by atoms with van der Waals surface area (Å²) in [5.41, 5.74) is 1.85. The van der Waals surface area contributed by atoms with Crippen molar-refractivity contribution in [1.29, 1.82) is 0 Å². The van der Waals surface area contributed by atoms with Crippen molar-refractivity contribution in [1.82, 2.24) is 0 Å². The van der Waals surface area contributed by atoms with Crippen molar-refractivity contribution >= 4 is 0 Å². The Kier molecular flexibility index (Phi) is 3.55. The van der Waals surface area contributed by atoms with E-state index >= 15 is 0 Å². The van der Waals surface area contributed by atoms with Gasteiger partial charge < -0.3 is 4.74 Å². The van der Waals surface area contributed by atoms with Crippen LogP contribution in [0.1, 0.15) is 0 Å². The highest BCUT2D eigenvalue weighted by molar-refractivity contribution is 5.64. The Morgan fingerprint density at radius 3 is 1.65 bits per heavy atom. The minimum Gasteiger partial charge on any atom is -0.463 e. The van der Waals surface area contributed by atoms with E-state index in [1.54, 1.807) is 36.4 Å². The van der Waals surface area contributed by atoms with Gasteiger partial charge in [-0.1, -0.05) is 24.3 Å². The van der Waals surface area contributed by atoms with Gasteiger partial charge in [0.25, 0.3) is 0 Å². The summed E-state index contributed by atoms with van der Waals surface area (Å²) in [5.74, 6) is 0.631. The Labute approximate surface area is 97.3 Å². The first-order chi connectivity index (χ1) is 8.33. The highest BCUT2D eigenvalue weighted by atomic mass is 19.3. The van der Waals surface area contributed by atoms with Gasteiger partial charge in [-0.05, 0) is 35.4 Å². The van der Waals surface area contributed by atoms with Gasteiger partial charge in [-0.25, -0.2) is 4.39 Å². The Morgan fingerprint density at radius 2 is 1.24 bits per heavy atom. The van der Waals surface area contributed by atoms with Crippen LogP contribution in [0, 0.1) is 0 Å². The first-order valence-corrected chi connectivity index (χ1v) is 5.01. The van der Waals surface area contributed by atoms with Crippen LogP contribution in [0.15, 0.2) is 48.5 Å². The summed E-state index contributed by atoms with van der Waals surface area (Å²) in [7, 11) is 0. The van der Waals surface area contributed by atoms with Gasteiger partial charge in [0, 0.05) is 4.53 Å². The third-order valence-electron chi connectivity index (χ3n) is 2.35. The molecule has 0 aliphatic carbocycles. The molecule has 2 nitrogen and oxygen atoms in total. The SMILES string of the molecule is FCOc1ccc(-c2ccc(OF)cc2)cc1. The van der Waals surface area contributed by atoms with Crippen LogP contribution < -0.4 is 9.68 Å². The summed E-state index contributed by atoms with van der Waals surface area (Å²) in [5, 5.41) is 0. The average molecular weight is 236 g/mol. The van der Waals surface area contributed by atoms with Gasteiger partial charge in [0.2, 0.25) is 6.86 Å². The first kappa shape index (κ1) is 11.4. The maximum atomic E-state index is 11.9. The number of alkyl halides is 1. The lowest BCUT2D eigenvalue weighted by Crippen LogP contribution is -1.89. The van der Waals surface area contributed by atoms with Crippen LogP contribution in [-0.4, -0.2) is 6.86 Å². The standard InChI is InChI=1S/C13H10F2O2/c14-9-16-12-5-1-10(2-6-12)11-3-7-13(17-15)8-4-11/h1-8H,9H2. The van der Waals surface area contributed by atoms with E-state index in [1.807, 2.05) is 0 Å². The van der Waals surface area contributed by atoms with Crippen LogP contribution in [0.4, 0.5) is 8.92 Å². The summed E-state index contributed by atoms with van der Waals surface area (Å²) >= 11 is 0. The molecule has 0 aromatic heterocycles. The molecule has 0 atom stereocenters. The normalized spacial score (nSPS) is 10.0. The second-order valence-corrected chi connectivity index (χ2v) is 3.38. The maximum absolute atomic E-state index is 11.9. The molecular formula is C13H10F2O2. The fraction of sp³-hybridized carbons (Fsp3) is 0.0769. The number of hydrogen-bond donors (Lipinski definition) is 0. The predicted octanol–water partition coefficient (Wildman–Crippen LogP) is 3.92. The van der Waals surface area contributed by atoms with Crippen molar-refractivity contribution in [3.63, 3.8) is 0 Å². The molecule has 0 unspecified atom stereocenters. The van der Waals surface area contributed by atoms with E-state index in [9.17, 15) is 8.92 Å². The number of rotatable bonds is 4. The molecule has 2 aromatic rings.